The van der Waals surface area contributed by atoms with E-state index in [1.165, 1.54) is 0 Å². The van der Waals surface area contributed by atoms with E-state index in [4.69, 9.17) is 16.7 Å². The van der Waals surface area contributed by atoms with Gasteiger partial charge < -0.3 is 10.4 Å². The van der Waals surface area contributed by atoms with Crippen molar-refractivity contribution in [2.45, 2.75) is 22.9 Å². The van der Waals surface area contributed by atoms with E-state index in [-0.39, 0.29) is 0 Å². The average molecular weight is 373 g/mol. The molecular formula is C13H13ClN4O3S2. The van der Waals surface area contributed by atoms with Crippen LogP contribution in [0.4, 0.5) is 15.6 Å². The van der Waals surface area contributed by atoms with Crippen molar-refractivity contribution in [3.8, 4) is 0 Å². The number of amides is 2. The van der Waals surface area contributed by atoms with Crippen molar-refractivity contribution in [3.63, 3.8) is 0 Å². The minimum Gasteiger partial charge on any atom is -0.480 e. The van der Waals surface area contributed by atoms with Crippen molar-refractivity contribution in [2.24, 2.45) is 0 Å². The summed E-state index contributed by atoms with van der Waals surface area (Å²) in [4.78, 5) is 22.8. The number of hydrogen-bond acceptors (Lipinski definition) is 6. The van der Waals surface area contributed by atoms with Gasteiger partial charge in [-0.15, -0.1) is 10.2 Å². The molecule has 0 aliphatic heterocycles. The van der Waals surface area contributed by atoms with E-state index in [0.717, 1.165) is 23.1 Å². The number of anilines is 2. The number of carboxylic acid groups (broad SMARTS) is 1. The molecule has 122 valence electrons. The summed E-state index contributed by atoms with van der Waals surface area (Å²) in [6.07, 6.45) is 0.472. The Bertz CT molecular complexity index is 693. The third-order valence-corrected chi connectivity index (χ3v) is 5.15. The van der Waals surface area contributed by atoms with E-state index in [9.17, 15) is 9.59 Å². The predicted molar refractivity (Wildman–Crippen MR) is 91.6 cm³/mol. The van der Waals surface area contributed by atoms with Gasteiger partial charge in [0, 0.05) is 10.7 Å². The van der Waals surface area contributed by atoms with Crippen LogP contribution in [0.15, 0.2) is 28.6 Å². The Kier molecular flexibility index (Phi) is 6.20. The molecule has 3 N–H and O–H groups in total. The van der Waals surface area contributed by atoms with Gasteiger partial charge in [-0.2, -0.15) is 0 Å². The lowest BCUT2D eigenvalue weighted by Gasteiger charge is -2.05. The summed E-state index contributed by atoms with van der Waals surface area (Å²) in [5.74, 6) is -0.900. The highest BCUT2D eigenvalue weighted by Crippen LogP contribution is 2.30. The van der Waals surface area contributed by atoms with Crippen molar-refractivity contribution in [3.05, 3.63) is 29.3 Å². The van der Waals surface area contributed by atoms with Crippen molar-refractivity contribution in [1.82, 2.24) is 10.2 Å². The quantitative estimate of drug-likeness (QED) is 0.526. The van der Waals surface area contributed by atoms with Gasteiger partial charge in [-0.05, 0) is 30.7 Å². The molecule has 0 bridgehead atoms. The second-order valence-corrected chi connectivity index (χ2v) is 7.18. The maximum atomic E-state index is 11.8. The molecule has 0 aliphatic carbocycles. The number of carbonyl (C=O) groups is 2. The summed E-state index contributed by atoms with van der Waals surface area (Å²) < 4.78 is 0.487. The highest BCUT2D eigenvalue weighted by Gasteiger charge is 2.19. The molecule has 1 aromatic carbocycles. The summed E-state index contributed by atoms with van der Waals surface area (Å²) >= 11 is 8.00. The van der Waals surface area contributed by atoms with Crippen molar-refractivity contribution in [2.75, 3.05) is 10.6 Å². The molecule has 23 heavy (non-hydrogen) atoms. The van der Waals surface area contributed by atoms with Gasteiger partial charge in [0.2, 0.25) is 5.13 Å². The van der Waals surface area contributed by atoms with Crippen molar-refractivity contribution in [1.29, 1.82) is 0 Å². The number of hydrogen-bond donors (Lipinski definition) is 3. The van der Waals surface area contributed by atoms with E-state index >= 15 is 0 Å². The molecule has 0 aliphatic rings. The lowest BCUT2D eigenvalue weighted by atomic mass is 10.3. The SMILES string of the molecule is CC[C@@H](Sc1nnc(NC(=O)Nc2ccc(Cl)cc2)s1)C(=O)O. The predicted octanol–water partition coefficient (Wildman–Crippen LogP) is 3.79. The van der Waals surface area contributed by atoms with E-state index < -0.39 is 17.3 Å². The van der Waals surface area contributed by atoms with Gasteiger partial charge in [0.15, 0.2) is 4.34 Å². The lowest BCUT2D eigenvalue weighted by Crippen LogP contribution is -2.19. The highest BCUT2D eigenvalue weighted by molar-refractivity contribution is 8.02. The molecule has 0 unspecified atom stereocenters. The van der Waals surface area contributed by atoms with Gasteiger partial charge in [-0.25, -0.2) is 4.79 Å². The zero-order chi connectivity index (χ0) is 16.8. The minimum atomic E-state index is -0.900. The smallest absolute Gasteiger partial charge is 0.325 e. The molecule has 1 heterocycles. The summed E-state index contributed by atoms with van der Waals surface area (Å²) in [5, 5.41) is 22.2. The van der Waals surface area contributed by atoms with Crippen LogP contribution in [0, 0.1) is 0 Å². The van der Waals surface area contributed by atoms with Gasteiger partial charge in [-0.1, -0.05) is 41.6 Å². The Morgan fingerprint density at radius 2 is 2.00 bits per heavy atom. The Morgan fingerprint density at radius 1 is 1.30 bits per heavy atom. The average Bonchev–Trinajstić information content (AvgIpc) is 2.94. The fraction of sp³-hybridized carbons (Fsp3) is 0.231. The lowest BCUT2D eigenvalue weighted by molar-refractivity contribution is -0.136. The van der Waals surface area contributed by atoms with Crippen LogP contribution in [0.3, 0.4) is 0 Å². The summed E-state index contributed by atoms with van der Waals surface area (Å²) in [7, 11) is 0. The fourth-order valence-electron chi connectivity index (χ4n) is 1.53. The molecule has 0 radical (unpaired) electrons. The fourth-order valence-corrected chi connectivity index (χ4v) is 3.51. The van der Waals surface area contributed by atoms with Crippen LogP contribution in [0.1, 0.15) is 13.3 Å². The first-order valence-corrected chi connectivity index (χ1v) is 8.62. The van der Waals surface area contributed by atoms with Crippen LogP contribution in [-0.4, -0.2) is 32.6 Å². The largest absolute Gasteiger partial charge is 0.480 e. The first-order valence-electron chi connectivity index (χ1n) is 6.54. The topological polar surface area (TPSA) is 104 Å². The molecule has 2 aromatic rings. The van der Waals surface area contributed by atoms with Crippen LogP contribution in [0.25, 0.3) is 0 Å². The van der Waals surface area contributed by atoms with Crippen LogP contribution in [0.5, 0.6) is 0 Å². The minimum absolute atomic E-state index is 0.291. The standard InChI is InChI=1S/C13H13ClN4O3S2/c1-2-9(10(19)20)22-13-18-17-12(23-13)16-11(21)15-8-5-3-7(14)4-6-8/h3-6,9H,2H2,1H3,(H,19,20)(H2,15,16,17,21)/t9-/m1/s1. The molecule has 2 amide bonds. The molecule has 10 heteroatoms. The maximum Gasteiger partial charge on any atom is 0.325 e. The molecule has 1 atom stereocenters. The molecule has 2 rings (SSSR count). The number of urea groups is 1. The zero-order valence-corrected chi connectivity index (χ0v) is 14.3. The summed E-state index contributed by atoms with van der Waals surface area (Å²) in [5.41, 5.74) is 0.586. The number of benzene rings is 1. The molecule has 0 spiro atoms. The molecule has 7 nitrogen and oxygen atoms in total. The molecule has 1 aromatic heterocycles. The first kappa shape index (κ1) is 17.5. The summed E-state index contributed by atoms with van der Waals surface area (Å²) in [6, 6.07) is 6.19. The van der Waals surface area contributed by atoms with E-state index in [2.05, 4.69) is 20.8 Å². The molecular weight excluding hydrogens is 360 g/mol. The van der Waals surface area contributed by atoms with Crippen LogP contribution >= 0.6 is 34.7 Å². The van der Waals surface area contributed by atoms with Crippen LogP contribution in [0.2, 0.25) is 5.02 Å². The number of nitrogens with zero attached hydrogens (tertiary/aromatic N) is 2. The number of carbonyl (C=O) groups excluding carboxylic acids is 1. The second kappa shape index (κ2) is 8.14. The molecule has 0 saturated heterocycles. The van der Waals surface area contributed by atoms with Gasteiger partial charge in [-0.3, -0.25) is 10.1 Å². The van der Waals surface area contributed by atoms with Gasteiger partial charge in [0.05, 0.1) is 0 Å². The first-order chi connectivity index (χ1) is 11.0. The number of aliphatic carboxylic acids is 1. The third-order valence-electron chi connectivity index (χ3n) is 2.62. The monoisotopic (exact) mass is 372 g/mol. The Morgan fingerprint density at radius 3 is 2.61 bits per heavy atom. The van der Waals surface area contributed by atoms with Gasteiger partial charge >= 0.3 is 12.0 Å². The van der Waals surface area contributed by atoms with Crippen LogP contribution in [-0.2, 0) is 4.79 Å². The zero-order valence-electron chi connectivity index (χ0n) is 11.9. The number of thioether (sulfide) groups is 1. The van der Waals surface area contributed by atoms with Crippen molar-refractivity contribution < 1.29 is 14.7 Å². The van der Waals surface area contributed by atoms with Crippen molar-refractivity contribution >= 4 is 57.5 Å². The Labute approximate surface area is 145 Å². The van der Waals surface area contributed by atoms with E-state index in [0.29, 0.717) is 26.6 Å². The van der Waals surface area contributed by atoms with E-state index in [1.807, 2.05) is 0 Å². The number of nitrogens with one attached hydrogen (secondary N) is 2. The number of halogens is 1. The number of aromatic nitrogens is 2. The molecule has 0 fully saturated rings. The normalized spacial score (nSPS) is 11.7. The van der Waals surface area contributed by atoms with Crippen LogP contribution < -0.4 is 10.6 Å². The number of carboxylic acids is 1. The van der Waals surface area contributed by atoms with Gasteiger partial charge in [0.1, 0.15) is 5.25 Å². The summed E-state index contributed by atoms with van der Waals surface area (Å²) in [6.45, 7) is 1.78. The second-order valence-electron chi connectivity index (χ2n) is 4.31. The highest BCUT2D eigenvalue weighted by atomic mass is 35.5. The van der Waals surface area contributed by atoms with Gasteiger partial charge in [0.25, 0.3) is 0 Å². The van der Waals surface area contributed by atoms with E-state index in [1.54, 1.807) is 31.2 Å². The Balaban J connectivity index is 1.91. The number of rotatable bonds is 6. The third kappa shape index (κ3) is 5.38. The molecule has 0 saturated carbocycles. The maximum absolute atomic E-state index is 11.8. The Hall–Kier alpha value is -1.84.